The van der Waals surface area contributed by atoms with Crippen molar-refractivity contribution in [3.63, 3.8) is 0 Å². The van der Waals surface area contributed by atoms with E-state index in [1.54, 1.807) is 18.2 Å². The minimum Gasteiger partial charge on any atom is -0.478 e. The molecule has 1 aliphatic heterocycles. The van der Waals surface area contributed by atoms with Crippen LogP contribution in [0.2, 0.25) is 0 Å². The lowest BCUT2D eigenvalue weighted by Gasteiger charge is -2.18. The fourth-order valence-electron chi connectivity index (χ4n) is 2.49. The summed E-state index contributed by atoms with van der Waals surface area (Å²) < 4.78 is 0. The van der Waals surface area contributed by atoms with Crippen molar-refractivity contribution >= 4 is 5.97 Å². The van der Waals surface area contributed by atoms with Crippen molar-refractivity contribution in [3.05, 3.63) is 59.2 Å². The lowest BCUT2D eigenvalue weighted by atomic mass is 9.95. The average Bonchev–Trinajstić information content (AvgIpc) is 2.47. The summed E-state index contributed by atoms with van der Waals surface area (Å²) in [6.45, 7) is 1.93. The van der Waals surface area contributed by atoms with Gasteiger partial charge in [0.05, 0.1) is 5.56 Å². The maximum absolute atomic E-state index is 11.0. The molecule has 0 aliphatic carbocycles. The van der Waals surface area contributed by atoms with Gasteiger partial charge in [0.1, 0.15) is 0 Å². The normalized spacial score (nSPS) is 13.9. The largest absolute Gasteiger partial charge is 0.478 e. The second-order valence-electron chi connectivity index (χ2n) is 4.80. The number of fused-ring (bicyclic) bond motifs is 1. The van der Waals surface area contributed by atoms with Gasteiger partial charge in [-0.2, -0.15) is 0 Å². The summed E-state index contributed by atoms with van der Waals surface area (Å²) in [7, 11) is 0. The molecule has 0 spiro atoms. The monoisotopic (exact) mass is 253 g/mol. The lowest BCUT2D eigenvalue weighted by Crippen LogP contribution is -2.23. The number of aromatic carboxylic acids is 1. The molecule has 3 nitrogen and oxygen atoms in total. The van der Waals surface area contributed by atoms with E-state index < -0.39 is 5.97 Å². The molecule has 96 valence electrons. The number of rotatable bonds is 2. The molecular weight excluding hydrogens is 238 g/mol. The average molecular weight is 253 g/mol. The minimum atomic E-state index is -0.885. The van der Waals surface area contributed by atoms with E-state index in [-0.39, 0.29) is 0 Å². The molecule has 2 aromatic rings. The summed E-state index contributed by atoms with van der Waals surface area (Å²) in [6.07, 6.45) is 1.03. The standard InChI is InChI=1S/C16H15NO2/c18-16(19)14-3-1-2-11(9-14)12-4-5-15-10-17-7-6-13(15)8-12/h1-5,8-9,17H,6-7,10H2,(H,18,19). The van der Waals surface area contributed by atoms with Crippen LogP contribution in [0.4, 0.5) is 0 Å². The predicted octanol–water partition coefficient (Wildman–Crippen LogP) is 2.70. The molecule has 0 bridgehead atoms. The Morgan fingerprint density at radius 1 is 1.05 bits per heavy atom. The highest BCUT2D eigenvalue weighted by atomic mass is 16.4. The second-order valence-corrected chi connectivity index (χ2v) is 4.80. The van der Waals surface area contributed by atoms with Gasteiger partial charge in [-0.3, -0.25) is 0 Å². The van der Waals surface area contributed by atoms with Crippen LogP contribution in [0.1, 0.15) is 21.5 Å². The first-order chi connectivity index (χ1) is 9.24. The van der Waals surface area contributed by atoms with E-state index in [1.807, 2.05) is 6.07 Å². The Morgan fingerprint density at radius 3 is 2.74 bits per heavy atom. The Labute approximate surface area is 111 Å². The van der Waals surface area contributed by atoms with Gasteiger partial charge in [0.25, 0.3) is 0 Å². The number of hydrogen-bond acceptors (Lipinski definition) is 2. The molecule has 2 N–H and O–H groups in total. The number of carboxylic acids is 1. The zero-order valence-corrected chi connectivity index (χ0v) is 10.5. The van der Waals surface area contributed by atoms with E-state index >= 15 is 0 Å². The van der Waals surface area contributed by atoms with Crippen LogP contribution in [0, 0.1) is 0 Å². The fraction of sp³-hybridized carbons (Fsp3) is 0.188. The Morgan fingerprint density at radius 2 is 1.89 bits per heavy atom. The zero-order valence-electron chi connectivity index (χ0n) is 10.5. The first-order valence-electron chi connectivity index (χ1n) is 6.40. The number of carboxylic acid groups (broad SMARTS) is 1. The Hall–Kier alpha value is -2.13. The van der Waals surface area contributed by atoms with E-state index in [1.165, 1.54) is 11.1 Å². The molecule has 1 heterocycles. The molecule has 19 heavy (non-hydrogen) atoms. The van der Waals surface area contributed by atoms with Gasteiger partial charge in [0, 0.05) is 6.54 Å². The SMILES string of the molecule is O=C(O)c1cccc(-c2ccc3c(c2)CCNC3)c1. The smallest absolute Gasteiger partial charge is 0.335 e. The van der Waals surface area contributed by atoms with Crippen molar-refractivity contribution < 1.29 is 9.90 Å². The van der Waals surface area contributed by atoms with Gasteiger partial charge < -0.3 is 10.4 Å². The molecule has 3 rings (SSSR count). The Bertz CT molecular complexity index is 634. The van der Waals surface area contributed by atoms with Gasteiger partial charge in [-0.05, 0) is 47.4 Å². The third-order valence-corrected chi connectivity index (χ3v) is 3.54. The third-order valence-electron chi connectivity index (χ3n) is 3.54. The molecular formula is C16H15NO2. The van der Waals surface area contributed by atoms with Crippen LogP contribution in [-0.4, -0.2) is 17.6 Å². The van der Waals surface area contributed by atoms with Crippen molar-refractivity contribution in [3.8, 4) is 11.1 Å². The van der Waals surface area contributed by atoms with Crippen LogP contribution in [-0.2, 0) is 13.0 Å². The van der Waals surface area contributed by atoms with Crippen molar-refractivity contribution in [1.82, 2.24) is 5.32 Å². The topological polar surface area (TPSA) is 49.3 Å². The molecule has 0 fully saturated rings. The van der Waals surface area contributed by atoms with Gasteiger partial charge in [0.2, 0.25) is 0 Å². The molecule has 2 aromatic carbocycles. The summed E-state index contributed by atoms with van der Waals surface area (Å²) in [5, 5.41) is 12.4. The summed E-state index contributed by atoms with van der Waals surface area (Å²) >= 11 is 0. The zero-order chi connectivity index (χ0) is 13.2. The molecule has 0 atom stereocenters. The lowest BCUT2D eigenvalue weighted by molar-refractivity contribution is 0.0697. The Kier molecular flexibility index (Phi) is 3.05. The number of carbonyl (C=O) groups is 1. The van der Waals surface area contributed by atoms with Crippen molar-refractivity contribution in [2.24, 2.45) is 0 Å². The van der Waals surface area contributed by atoms with E-state index in [2.05, 4.69) is 23.5 Å². The molecule has 0 saturated heterocycles. The van der Waals surface area contributed by atoms with Gasteiger partial charge in [-0.1, -0.05) is 30.3 Å². The maximum Gasteiger partial charge on any atom is 0.335 e. The van der Waals surface area contributed by atoms with Gasteiger partial charge in [-0.25, -0.2) is 4.79 Å². The first-order valence-corrected chi connectivity index (χ1v) is 6.40. The van der Waals surface area contributed by atoms with Crippen molar-refractivity contribution in [1.29, 1.82) is 0 Å². The molecule has 0 radical (unpaired) electrons. The van der Waals surface area contributed by atoms with Crippen LogP contribution >= 0.6 is 0 Å². The Balaban J connectivity index is 2.02. The highest BCUT2D eigenvalue weighted by molar-refractivity contribution is 5.89. The van der Waals surface area contributed by atoms with Crippen molar-refractivity contribution in [2.75, 3.05) is 6.54 Å². The van der Waals surface area contributed by atoms with Gasteiger partial charge in [-0.15, -0.1) is 0 Å². The molecule has 0 unspecified atom stereocenters. The first kappa shape index (κ1) is 11.9. The van der Waals surface area contributed by atoms with E-state index in [4.69, 9.17) is 5.11 Å². The van der Waals surface area contributed by atoms with Crippen LogP contribution in [0.15, 0.2) is 42.5 Å². The molecule has 0 amide bonds. The van der Waals surface area contributed by atoms with Crippen LogP contribution in [0.5, 0.6) is 0 Å². The molecule has 3 heteroatoms. The highest BCUT2D eigenvalue weighted by Crippen LogP contribution is 2.25. The predicted molar refractivity (Wildman–Crippen MR) is 74.2 cm³/mol. The quantitative estimate of drug-likeness (QED) is 0.865. The summed E-state index contributed by atoms with van der Waals surface area (Å²) in [4.78, 5) is 11.0. The van der Waals surface area contributed by atoms with E-state index in [9.17, 15) is 4.79 Å². The molecule has 1 aliphatic rings. The second kappa shape index (κ2) is 4.86. The molecule has 0 aromatic heterocycles. The summed E-state index contributed by atoms with van der Waals surface area (Å²) in [5.41, 5.74) is 5.07. The van der Waals surface area contributed by atoms with Crippen molar-refractivity contribution in [2.45, 2.75) is 13.0 Å². The summed E-state index contributed by atoms with van der Waals surface area (Å²) in [6, 6.07) is 13.5. The van der Waals surface area contributed by atoms with Crippen LogP contribution in [0.25, 0.3) is 11.1 Å². The highest BCUT2D eigenvalue weighted by Gasteiger charge is 2.10. The van der Waals surface area contributed by atoms with E-state index in [0.717, 1.165) is 30.6 Å². The van der Waals surface area contributed by atoms with Crippen LogP contribution in [0.3, 0.4) is 0 Å². The minimum absolute atomic E-state index is 0.330. The molecule has 0 saturated carbocycles. The third kappa shape index (κ3) is 2.37. The number of benzene rings is 2. The number of hydrogen-bond donors (Lipinski definition) is 2. The summed E-state index contributed by atoms with van der Waals surface area (Å²) in [5.74, 6) is -0.885. The van der Waals surface area contributed by atoms with Gasteiger partial charge in [0.15, 0.2) is 0 Å². The fourth-order valence-corrected chi connectivity index (χ4v) is 2.49. The maximum atomic E-state index is 11.0. The number of nitrogens with one attached hydrogen (secondary N) is 1. The van der Waals surface area contributed by atoms with Crippen LogP contribution < -0.4 is 5.32 Å². The van der Waals surface area contributed by atoms with Gasteiger partial charge >= 0.3 is 5.97 Å². The van der Waals surface area contributed by atoms with E-state index in [0.29, 0.717) is 5.56 Å².